The van der Waals surface area contributed by atoms with Crippen molar-refractivity contribution in [1.29, 1.82) is 5.26 Å². The minimum atomic E-state index is -0.580. The first-order valence-corrected chi connectivity index (χ1v) is 21.8. The number of nitrogens with one attached hydrogen (secondary N) is 2. The van der Waals surface area contributed by atoms with E-state index in [4.69, 9.17) is 0 Å². The number of ketones is 1. The van der Waals surface area contributed by atoms with Crippen molar-refractivity contribution in [3.8, 4) is 6.07 Å². The number of hydrogen-bond acceptors (Lipinski definition) is 8. The number of aromatic amines is 1. The number of nitrogens with zero attached hydrogens (tertiary/aromatic N) is 5. The number of unbranched alkanes of at least 4 members (excludes halogenated alkanes) is 2. The zero-order valence-electron chi connectivity index (χ0n) is 34.7. The van der Waals surface area contributed by atoms with Crippen LogP contribution in [-0.2, 0) is 34.4 Å². The lowest BCUT2D eigenvalue weighted by molar-refractivity contribution is -0.136. The third kappa shape index (κ3) is 7.04. The highest BCUT2D eigenvalue weighted by Crippen LogP contribution is 2.46. The summed E-state index contributed by atoms with van der Waals surface area (Å²) in [7, 11) is 0. The summed E-state index contributed by atoms with van der Waals surface area (Å²) in [6.07, 6.45) is 8.05. The second-order valence-electron chi connectivity index (χ2n) is 17.8. The van der Waals surface area contributed by atoms with Gasteiger partial charge in [0.1, 0.15) is 6.04 Å². The lowest BCUT2D eigenvalue weighted by Gasteiger charge is -2.44. The first kappa shape index (κ1) is 39.2. The van der Waals surface area contributed by atoms with Crippen LogP contribution in [0.4, 0.5) is 5.69 Å². The zero-order chi connectivity index (χ0) is 41.0. The van der Waals surface area contributed by atoms with Gasteiger partial charge < -0.3 is 19.7 Å². The van der Waals surface area contributed by atoms with Crippen molar-refractivity contribution in [3.63, 3.8) is 0 Å². The van der Waals surface area contributed by atoms with E-state index in [1.807, 2.05) is 24.3 Å². The number of H-pyrrole nitrogens is 1. The highest BCUT2D eigenvalue weighted by atomic mass is 16.2. The van der Waals surface area contributed by atoms with E-state index in [2.05, 4.69) is 70.0 Å². The van der Waals surface area contributed by atoms with E-state index in [0.29, 0.717) is 30.1 Å². The number of benzene rings is 3. The number of carbonyl (C=O) groups excluding carboxylic acids is 4. The molecule has 59 heavy (non-hydrogen) atoms. The molecule has 306 valence electrons. The van der Waals surface area contributed by atoms with Gasteiger partial charge in [-0.05, 0) is 104 Å². The molecule has 1 aliphatic carbocycles. The van der Waals surface area contributed by atoms with Gasteiger partial charge in [0, 0.05) is 97.1 Å². The van der Waals surface area contributed by atoms with Crippen molar-refractivity contribution in [2.45, 2.75) is 103 Å². The summed E-state index contributed by atoms with van der Waals surface area (Å²) in [4.78, 5) is 64.6. The van der Waals surface area contributed by atoms with Gasteiger partial charge in [0.2, 0.25) is 11.8 Å². The molecule has 4 aliphatic heterocycles. The topological polar surface area (TPSA) is 133 Å². The van der Waals surface area contributed by atoms with Crippen molar-refractivity contribution in [3.05, 3.63) is 98.7 Å². The Morgan fingerprint density at radius 2 is 1.66 bits per heavy atom. The number of aromatic nitrogens is 1. The summed E-state index contributed by atoms with van der Waals surface area (Å²) >= 11 is 0. The van der Waals surface area contributed by atoms with E-state index in [0.717, 1.165) is 130 Å². The molecule has 3 saturated heterocycles. The van der Waals surface area contributed by atoms with Crippen molar-refractivity contribution >= 4 is 40.1 Å². The molecule has 0 saturated carbocycles. The maximum Gasteiger partial charge on any atom is 0.255 e. The van der Waals surface area contributed by atoms with Crippen molar-refractivity contribution in [2.24, 2.45) is 0 Å². The maximum absolute atomic E-state index is 14.1. The predicted octanol–water partition coefficient (Wildman–Crippen LogP) is 6.23. The minimum Gasteiger partial charge on any atom is -0.371 e. The van der Waals surface area contributed by atoms with Crippen LogP contribution in [0.25, 0.3) is 10.9 Å². The van der Waals surface area contributed by atoms with Crippen LogP contribution in [0.3, 0.4) is 0 Å². The first-order valence-electron chi connectivity index (χ1n) is 21.8. The average molecular weight is 794 g/mol. The third-order valence-electron chi connectivity index (χ3n) is 14.1. The van der Waals surface area contributed by atoms with Crippen LogP contribution in [-0.4, -0.2) is 101 Å². The van der Waals surface area contributed by atoms with Gasteiger partial charge in [0.25, 0.3) is 5.91 Å². The molecule has 9 rings (SSSR count). The van der Waals surface area contributed by atoms with Crippen molar-refractivity contribution < 1.29 is 19.2 Å². The van der Waals surface area contributed by atoms with Gasteiger partial charge in [-0.1, -0.05) is 45.4 Å². The number of imide groups is 1. The number of amides is 3. The van der Waals surface area contributed by atoms with E-state index >= 15 is 0 Å². The fourth-order valence-electron chi connectivity index (χ4n) is 10.7. The van der Waals surface area contributed by atoms with Crippen molar-refractivity contribution in [2.75, 3.05) is 50.7 Å². The number of piperidine rings is 2. The molecule has 11 nitrogen and oxygen atoms in total. The van der Waals surface area contributed by atoms with Crippen LogP contribution in [0.1, 0.15) is 126 Å². The van der Waals surface area contributed by atoms with Gasteiger partial charge in [-0.15, -0.1) is 0 Å². The van der Waals surface area contributed by atoms with Gasteiger partial charge >= 0.3 is 0 Å². The van der Waals surface area contributed by atoms with E-state index in [1.165, 1.54) is 16.8 Å². The smallest absolute Gasteiger partial charge is 0.255 e. The van der Waals surface area contributed by atoms with E-state index < -0.39 is 11.5 Å². The molecule has 0 spiro atoms. The predicted molar refractivity (Wildman–Crippen MR) is 228 cm³/mol. The Morgan fingerprint density at radius 1 is 0.864 bits per heavy atom. The molecule has 2 N–H and O–H groups in total. The Kier molecular flexibility index (Phi) is 10.4. The second-order valence-corrected chi connectivity index (χ2v) is 17.8. The zero-order valence-corrected chi connectivity index (χ0v) is 34.7. The summed E-state index contributed by atoms with van der Waals surface area (Å²) in [6, 6.07) is 18.2. The van der Waals surface area contributed by atoms with Crippen LogP contribution in [0.2, 0.25) is 0 Å². The summed E-state index contributed by atoms with van der Waals surface area (Å²) < 4.78 is 0. The number of anilines is 1. The lowest BCUT2D eigenvalue weighted by Crippen LogP contribution is -2.53. The fraction of sp³-hybridized carbons (Fsp3) is 0.479. The van der Waals surface area contributed by atoms with Crippen LogP contribution in [0, 0.1) is 11.3 Å². The molecule has 5 heterocycles. The first-order chi connectivity index (χ1) is 28.5. The third-order valence-corrected chi connectivity index (χ3v) is 14.1. The molecule has 1 unspecified atom stereocenters. The SMILES string of the molecule is CCc1cc2c(cc1N1CCC(N3CCN(CCCCCc4cccc5c4CN(C4CCC(=O)NC4=O)C5=O)CC3)CC1)C(C)(C)c1[nH]c3cc(C#N)ccc3c1C2=O. The summed E-state index contributed by atoms with van der Waals surface area (Å²) in [5.41, 5.74) is 10.0. The number of fused-ring (bicyclic) bond motifs is 5. The van der Waals surface area contributed by atoms with Gasteiger partial charge in [0.05, 0.1) is 17.2 Å². The van der Waals surface area contributed by atoms with Crippen LogP contribution in [0.5, 0.6) is 0 Å². The Balaban J connectivity index is 0.752. The molecule has 3 aromatic carbocycles. The van der Waals surface area contributed by atoms with Gasteiger partial charge in [-0.3, -0.25) is 29.4 Å². The molecular formula is C48H55N7O4. The molecule has 4 aromatic rings. The highest BCUT2D eigenvalue weighted by molar-refractivity contribution is 6.20. The monoisotopic (exact) mass is 793 g/mol. The number of rotatable bonds is 10. The normalized spacial score (nSPS) is 21.1. The van der Waals surface area contributed by atoms with Gasteiger partial charge in [-0.2, -0.15) is 5.26 Å². The minimum absolute atomic E-state index is 0.0692. The summed E-state index contributed by atoms with van der Waals surface area (Å²) in [6.45, 7) is 14.6. The van der Waals surface area contributed by atoms with Crippen LogP contribution < -0.4 is 10.2 Å². The Hall–Kier alpha value is -5.31. The van der Waals surface area contributed by atoms with Gasteiger partial charge in [0.15, 0.2) is 5.78 Å². The molecule has 0 bridgehead atoms. The largest absolute Gasteiger partial charge is 0.371 e. The number of aryl methyl sites for hydroxylation is 2. The molecule has 3 amide bonds. The molecule has 1 atom stereocenters. The number of carbonyl (C=O) groups is 4. The van der Waals surface area contributed by atoms with E-state index in [-0.39, 0.29) is 29.9 Å². The van der Waals surface area contributed by atoms with Gasteiger partial charge in [-0.25, -0.2) is 0 Å². The van der Waals surface area contributed by atoms with Crippen molar-refractivity contribution in [1.82, 2.24) is 25.0 Å². The number of nitriles is 1. The fourth-order valence-corrected chi connectivity index (χ4v) is 10.7. The maximum atomic E-state index is 14.1. The molecular weight excluding hydrogens is 739 g/mol. The molecule has 3 fully saturated rings. The van der Waals surface area contributed by atoms with E-state index in [9.17, 15) is 24.4 Å². The summed E-state index contributed by atoms with van der Waals surface area (Å²) in [5, 5.41) is 12.8. The van der Waals surface area contributed by atoms with E-state index in [1.54, 1.807) is 11.0 Å². The molecule has 1 aromatic heterocycles. The summed E-state index contributed by atoms with van der Waals surface area (Å²) in [5.74, 6) is -0.665. The Morgan fingerprint density at radius 3 is 2.41 bits per heavy atom. The second kappa shape index (κ2) is 15.7. The Labute approximate surface area is 346 Å². The quantitative estimate of drug-likeness (QED) is 0.143. The number of piperazine rings is 1. The number of hydrogen-bond donors (Lipinski definition) is 2. The lowest BCUT2D eigenvalue weighted by atomic mass is 9.70. The standard InChI is InChI=1S/C48H55N7O4/c1-4-31-26-36-38(48(2,3)45-43(44(36)57)35-13-12-30(28-49)25-39(35)50-45)27-41(31)54-19-16-33(17-20-54)53-23-21-52(22-24-53)18-7-5-6-9-32-10-8-11-34-37(32)29-55(47(34)59)40-14-15-42(56)51-46(40)58/h8,10-13,25-27,33,40,50H,4-7,9,14-24,29H2,1-3H3,(H,51,56,58). The van der Waals surface area contributed by atoms with Crippen LogP contribution in [0.15, 0.2) is 48.5 Å². The molecule has 11 heteroatoms. The highest BCUT2D eigenvalue weighted by Gasteiger charge is 2.42. The Bertz CT molecular complexity index is 2390. The average Bonchev–Trinajstić information content (AvgIpc) is 3.81. The van der Waals surface area contributed by atoms with Crippen LogP contribution >= 0.6 is 0 Å². The molecule has 5 aliphatic rings. The molecule has 0 radical (unpaired) electrons.